The van der Waals surface area contributed by atoms with Crippen LogP contribution in [-0.2, 0) is 10.5 Å². The summed E-state index contributed by atoms with van der Waals surface area (Å²) in [6.07, 6.45) is 2.02. The van der Waals surface area contributed by atoms with Gasteiger partial charge in [0, 0.05) is 48.5 Å². The van der Waals surface area contributed by atoms with Crippen molar-refractivity contribution in [2.45, 2.75) is 36.6 Å². The molecule has 174 valence electrons. The van der Waals surface area contributed by atoms with E-state index in [-0.39, 0.29) is 23.8 Å². The van der Waals surface area contributed by atoms with Crippen LogP contribution in [0.2, 0.25) is 0 Å². The van der Waals surface area contributed by atoms with Crippen molar-refractivity contribution in [1.29, 1.82) is 0 Å². The highest BCUT2D eigenvalue weighted by molar-refractivity contribution is 7.98. The monoisotopic (exact) mass is 472 g/mol. The molecule has 7 heteroatoms. The lowest BCUT2D eigenvalue weighted by Crippen LogP contribution is -2.55. The summed E-state index contributed by atoms with van der Waals surface area (Å²) in [5.74, 6) is 1.22. The second kappa shape index (κ2) is 9.97. The molecule has 1 atom stereocenters. The molecule has 1 aromatic heterocycles. The zero-order valence-electron chi connectivity index (χ0n) is 19.3. The summed E-state index contributed by atoms with van der Waals surface area (Å²) in [4.78, 5) is 29.4. The fourth-order valence-electron chi connectivity index (χ4n) is 4.33. The highest BCUT2D eigenvalue weighted by atomic mass is 32.2. The number of benzene rings is 2. The van der Waals surface area contributed by atoms with Crippen LogP contribution in [0.5, 0.6) is 0 Å². The fourth-order valence-corrected chi connectivity index (χ4v) is 5.09. The first-order valence-corrected chi connectivity index (χ1v) is 12.8. The predicted molar refractivity (Wildman–Crippen MR) is 133 cm³/mol. The predicted octanol–water partition coefficient (Wildman–Crippen LogP) is 4.52. The average Bonchev–Trinajstić information content (AvgIpc) is 3.73. The van der Waals surface area contributed by atoms with Crippen LogP contribution in [-0.4, -0.2) is 57.5 Å². The number of hydrogen-bond acceptors (Lipinski definition) is 5. The molecule has 1 aliphatic carbocycles. The Morgan fingerprint density at radius 1 is 0.971 bits per heavy atom. The van der Waals surface area contributed by atoms with Gasteiger partial charge in [-0.3, -0.25) is 9.59 Å². The van der Waals surface area contributed by atoms with E-state index in [0.29, 0.717) is 31.0 Å². The van der Waals surface area contributed by atoms with Crippen LogP contribution in [0.4, 0.5) is 0 Å². The van der Waals surface area contributed by atoms with E-state index in [0.717, 1.165) is 34.7 Å². The largest absolute Gasteiger partial charge is 0.336 e. The summed E-state index contributed by atoms with van der Waals surface area (Å²) in [7, 11) is 0. The number of carbonyl (C=O) groups excluding carboxylic acids is 2. The number of rotatable bonds is 6. The Morgan fingerprint density at radius 2 is 1.79 bits per heavy atom. The van der Waals surface area contributed by atoms with Crippen molar-refractivity contribution < 1.29 is 9.59 Å². The van der Waals surface area contributed by atoms with Gasteiger partial charge in [0.2, 0.25) is 5.91 Å². The Morgan fingerprint density at radius 3 is 2.50 bits per heavy atom. The van der Waals surface area contributed by atoms with Crippen molar-refractivity contribution in [2.75, 3.05) is 19.6 Å². The molecule has 1 saturated heterocycles. The Bertz CT molecular complexity index is 1160. The summed E-state index contributed by atoms with van der Waals surface area (Å²) < 4.78 is 0. The quantitative estimate of drug-likeness (QED) is 0.494. The van der Waals surface area contributed by atoms with E-state index in [2.05, 4.69) is 10.2 Å². The molecule has 2 fully saturated rings. The molecule has 2 heterocycles. The van der Waals surface area contributed by atoms with Gasteiger partial charge in [-0.05, 0) is 49.6 Å². The summed E-state index contributed by atoms with van der Waals surface area (Å²) in [6, 6.07) is 21.8. The minimum Gasteiger partial charge on any atom is -0.336 e. The van der Waals surface area contributed by atoms with Crippen molar-refractivity contribution in [1.82, 2.24) is 20.0 Å². The van der Waals surface area contributed by atoms with Gasteiger partial charge in [-0.15, -0.1) is 10.2 Å². The number of hydrogen-bond donors (Lipinski definition) is 0. The van der Waals surface area contributed by atoms with Crippen LogP contribution in [0.1, 0.15) is 35.7 Å². The lowest BCUT2D eigenvalue weighted by Gasteiger charge is -2.40. The molecule has 1 saturated carbocycles. The molecule has 2 aliphatic rings. The summed E-state index contributed by atoms with van der Waals surface area (Å²) in [5.41, 5.74) is 3.66. The zero-order valence-corrected chi connectivity index (χ0v) is 20.1. The third-order valence-corrected chi connectivity index (χ3v) is 7.39. The second-order valence-electron chi connectivity index (χ2n) is 9.02. The van der Waals surface area contributed by atoms with E-state index >= 15 is 0 Å². The van der Waals surface area contributed by atoms with Crippen LogP contribution >= 0.6 is 11.8 Å². The third-order valence-electron chi connectivity index (χ3n) is 6.39. The van der Waals surface area contributed by atoms with Gasteiger partial charge in [0.25, 0.3) is 5.91 Å². The molecule has 6 nitrogen and oxygen atoms in total. The van der Waals surface area contributed by atoms with Gasteiger partial charge in [-0.25, -0.2) is 0 Å². The van der Waals surface area contributed by atoms with E-state index in [4.69, 9.17) is 0 Å². The molecule has 3 aromatic rings. The highest BCUT2D eigenvalue weighted by Gasteiger charge is 2.38. The van der Waals surface area contributed by atoms with Crippen LogP contribution in [0.25, 0.3) is 11.3 Å². The highest BCUT2D eigenvalue weighted by Crippen LogP contribution is 2.32. The number of piperazine rings is 1. The molecule has 0 N–H and O–H groups in total. The molecule has 5 rings (SSSR count). The lowest BCUT2D eigenvalue weighted by molar-refractivity contribution is -0.136. The van der Waals surface area contributed by atoms with Gasteiger partial charge >= 0.3 is 0 Å². The maximum absolute atomic E-state index is 13.2. The second-order valence-corrected chi connectivity index (χ2v) is 10.0. The number of thioether (sulfide) groups is 1. The van der Waals surface area contributed by atoms with Crippen LogP contribution in [0, 0.1) is 5.92 Å². The Hall–Kier alpha value is -3.19. The van der Waals surface area contributed by atoms with Gasteiger partial charge < -0.3 is 9.80 Å². The molecule has 34 heavy (non-hydrogen) atoms. The van der Waals surface area contributed by atoms with Gasteiger partial charge in [0.15, 0.2) is 0 Å². The smallest absolute Gasteiger partial charge is 0.253 e. The van der Waals surface area contributed by atoms with E-state index in [1.54, 1.807) is 11.8 Å². The third kappa shape index (κ3) is 5.14. The number of nitrogens with zero attached hydrogens (tertiary/aromatic N) is 4. The maximum Gasteiger partial charge on any atom is 0.253 e. The van der Waals surface area contributed by atoms with Crippen molar-refractivity contribution in [3.63, 3.8) is 0 Å². The summed E-state index contributed by atoms with van der Waals surface area (Å²) >= 11 is 1.60. The molecule has 0 spiro atoms. The normalized spacial score (nSPS) is 18.1. The minimum absolute atomic E-state index is 0.0317. The Balaban J connectivity index is 1.18. The van der Waals surface area contributed by atoms with Crippen molar-refractivity contribution in [2.24, 2.45) is 5.92 Å². The van der Waals surface area contributed by atoms with E-state index in [9.17, 15) is 9.59 Å². The Labute approximate surface area is 204 Å². The summed E-state index contributed by atoms with van der Waals surface area (Å²) in [5, 5.41) is 9.55. The summed E-state index contributed by atoms with van der Waals surface area (Å²) in [6.45, 7) is 3.83. The van der Waals surface area contributed by atoms with Gasteiger partial charge in [0.05, 0.1) is 5.69 Å². The van der Waals surface area contributed by atoms with Gasteiger partial charge in [-0.2, -0.15) is 0 Å². The van der Waals surface area contributed by atoms with Crippen molar-refractivity contribution >= 4 is 23.6 Å². The van der Waals surface area contributed by atoms with Crippen molar-refractivity contribution in [3.05, 3.63) is 77.9 Å². The molecule has 1 aliphatic heterocycles. The average molecular weight is 473 g/mol. The topological polar surface area (TPSA) is 66.4 Å². The van der Waals surface area contributed by atoms with E-state index < -0.39 is 0 Å². The minimum atomic E-state index is 0.0317. The van der Waals surface area contributed by atoms with Gasteiger partial charge in [0.1, 0.15) is 5.03 Å². The standard InChI is InChI=1S/C27H28N4O2S/c1-19-17-30(14-15-31(19)27(33)22-10-11-22)26(32)23-9-5-6-20(16-23)18-34-25-13-12-24(28-29-25)21-7-3-2-4-8-21/h2-9,12-13,16,19,22H,10-11,14-15,17-18H2,1H3. The number of aromatic nitrogens is 2. The maximum atomic E-state index is 13.2. The molecule has 2 aromatic carbocycles. The van der Waals surface area contributed by atoms with E-state index in [1.807, 2.05) is 83.5 Å². The van der Waals surface area contributed by atoms with Crippen LogP contribution < -0.4 is 0 Å². The molecular weight excluding hydrogens is 444 g/mol. The lowest BCUT2D eigenvalue weighted by atomic mass is 10.1. The molecule has 1 unspecified atom stereocenters. The van der Waals surface area contributed by atoms with Crippen LogP contribution in [0.15, 0.2) is 71.8 Å². The fraction of sp³-hybridized carbons (Fsp3) is 0.333. The van der Waals surface area contributed by atoms with Crippen LogP contribution in [0.3, 0.4) is 0 Å². The molecular formula is C27H28N4O2S. The molecule has 0 bridgehead atoms. The first-order chi connectivity index (χ1) is 16.6. The SMILES string of the molecule is CC1CN(C(=O)c2cccc(CSc3ccc(-c4ccccc4)nn3)c2)CCN1C(=O)C1CC1. The number of carbonyl (C=O) groups is 2. The number of amides is 2. The first-order valence-electron chi connectivity index (χ1n) is 11.8. The van der Waals surface area contributed by atoms with Gasteiger partial charge in [-0.1, -0.05) is 54.2 Å². The Kier molecular flexibility index (Phi) is 6.63. The van der Waals surface area contributed by atoms with E-state index in [1.165, 1.54) is 0 Å². The molecule has 2 amide bonds. The van der Waals surface area contributed by atoms with Crippen molar-refractivity contribution in [3.8, 4) is 11.3 Å². The first kappa shape index (κ1) is 22.6. The molecule has 0 radical (unpaired) electrons. The zero-order chi connectivity index (χ0) is 23.5.